The van der Waals surface area contributed by atoms with Crippen molar-refractivity contribution in [1.82, 2.24) is 0 Å². The molecule has 1 nitrogen and oxygen atoms in total. The van der Waals surface area contributed by atoms with Crippen molar-refractivity contribution >= 4 is 5.78 Å². The van der Waals surface area contributed by atoms with Gasteiger partial charge >= 0.3 is 0 Å². The zero-order valence-electron chi connectivity index (χ0n) is 7.28. The lowest BCUT2D eigenvalue weighted by Gasteiger charge is -2.26. The normalized spacial score (nSPS) is 23.9. The van der Waals surface area contributed by atoms with E-state index in [0.717, 1.165) is 0 Å². The summed E-state index contributed by atoms with van der Waals surface area (Å²) in [6.07, 6.45) is 1.02. The van der Waals surface area contributed by atoms with Crippen LogP contribution in [0.2, 0.25) is 0 Å². The predicted octanol–water partition coefficient (Wildman–Crippen LogP) is 2.79. The molecule has 12 heavy (non-hydrogen) atoms. The third-order valence-electron chi connectivity index (χ3n) is 2.52. The summed E-state index contributed by atoms with van der Waals surface area (Å²) in [4.78, 5) is 11.1. The average molecular weight is 176 g/mol. The van der Waals surface area contributed by atoms with Crippen LogP contribution in [0.15, 0.2) is 0 Å². The Morgan fingerprint density at radius 1 is 1.42 bits per heavy atom. The Kier molecular flexibility index (Phi) is 2.80. The Labute approximate surface area is 71.1 Å². The molecular formula is C9H14F2O. The summed E-state index contributed by atoms with van der Waals surface area (Å²) in [5.41, 5.74) is 0. The van der Waals surface area contributed by atoms with Crippen molar-refractivity contribution in [3.05, 3.63) is 0 Å². The second kappa shape index (κ2) is 3.50. The standard InChI is InChI=1S/C9H14F2O/c1-2-8(12)7-3-5-9(10,11)6-4-7/h7H,2-6H2,1H3. The van der Waals surface area contributed by atoms with Gasteiger partial charge in [-0.3, -0.25) is 4.79 Å². The molecule has 0 aliphatic heterocycles. The minimum Gasteiger partial charge on any atom is -0.299 e. The highest BCUT2D eigenvalue weighted by Gasteiger charge is 2.36. The first-order valence-electron chi connectivity index (χ1n) is 4.46. The van der Waals surface area contributed by atoms with Crippen LogP contribution in [0.1, 0.15) is 39.0 Å². The third-order valence-corrected chi connectivity index (χ3v) is 2.52. The number of rotatable bonds is 2. The van der Waals surface area contributed by atoms with Crippen LogP contribution in [0.25, 0.3) is 0 Å². The second-order valence-electron chi connectivity index (χ2n) is 3.45. The minimum absolute atomic E-state index is 0.0883. The van der Waals surface area contributed by atoms with Crippen molar-refractivity contribution in [3.63, 3.8) is 0 Å². The van der Waals surface area contributed by atoms with Crippen LogP contribution in [0.3, 0.4) is 0 Å². The molecule has 0 atom stereocenters. The summed E-state index contributed by atoms with van der Waals surface area (Å²) >= 11 is 0. The van der Waals surface area contributed by atoms with Crippen LogP contribution >= 0.6 is 0 Å². The van der Waals surface area contributed by atoms with Gasteiger partial charge in [0.05, 0.1) is 0 Å². The fourth-order valence-corrected chi connectivity index (χ4v) is 1.65. The topological polar surface area (TPSA) is 17.1 Å². The number of Topliss-reactive ketones (excluding diaryl/α,β-unsaturated/α-hetero) is 1. The molecule has 1 rings (SSSR count). The lowest BCUT2D eigenvalue weighted by Crippen LogP contribution is -2.28. The van der Waals surface area contributed by atoms with Crippen molar-refractivity contribution in [1.29, 1.82) is 0 Å². The molecule has 70 valence electrons. The number of ketones is 1. The SMILES string of the molecule is CCC(=O)C1CCC(F)(F)CC1. The van der Waals surface area contributed by atoms with E-state index < -0.39 is 5.92 Å². The molecule has 0 saturated heterocycles. The van der Waals surface area contributed by atoms with Crippen molar-refractivity contribution in [2.45, 2.75) is 45.0 Å². The number of carbonyl (C=O) groups is 1. The Bertz CT molecular complexity index is 167. The van der Waals surface area contributed by atoms with Gasteiger partial charge in [0.1, 0.15) is 5.78 Å². The van der Waals surface area contributed by atoms with Gasteiger partial charge in [0.15, 0.2) is 0 Å². The fourth-order valence-electron chi connectivity index (χ4n) is 1.65. The van der Waals surface area contributed by atoms with E-state index in [2.05, 4.69) is 0 Å². The summed E-state index contributed by atoms with van der Waals surface area (Å²) in [6, 6.07) is 0. The van der Waals surface area contributed by atoms with Gasteiger partial charge in [-0.25, -0.2) is 8.78 Å². The zero-order valence-corrected chi connectivity index (χ0v) is 7.28. The molecule has 0 bridgehead atoms. The first-order chi connectivity index (χ1) is 5.55. The first kappa shape index (κ1) is 9.62. The third kappa shape index (κ3) is 2.26. The maximum Gasteiger partial charge on any atom is 0.248 e. The molecule has 3 heteroatoms. The molecular weight excluding hydrogens is 162 g/mol. The quantitative estimate of drug-likeness (QED) is 0.632. The molecule has 1 fully saturated rings. The van der Waals surface area contributed by atoms with E-state index in [1.54, 1.807) is 6.92 Å². The molecule has 0 aromatic carbocycles. The number of alkyl halides is 2. The lowest BCUT2D eigenvalue weighted by molar-refractivity contribution is -0.126. The van der Waals surface area contributed by atoms with E-state index in [0.29, 0.717) is 19.3 Å². The summed E-state index contributed by atoms with van der Waals surface area (Å²) in [7, 11) is 0. The number of carbonyl (C=O) groups excluding carboxylic acids is 1. The maximum absolute atomic E-state index is 12.6. The van der Waals surface area contributed by atoms with Crippen LogP contribution in [-0.4, -0.2) is 11.7 Å². The van der Waals surface area contributed by atoms with Gasteiger partial charge < -0.3 is 0 Å². The van der Waals surface area contributed by atoms with Crippen LogP contribution in [0, 0.1) is 5.92 Å². The van der Waals surface area contributed by atoms with E-state index >= 15 is 0 Å². The average Bonchev–Trinajstić information content (AvgIpc) is 2.03. The van der Waals surface area contributed by atoms with Crippen molar-refractivity contribution in [3.8, 4) is 0 Å². The highest BCUT2D eigenvalue weighted by Crippen LogP contribution is 2.36. The first-order valence-corrected chi connectivity index (χ1v) is 4.46. The predicted molar refractivity (Wildman–Crippen MR) is 42.2 cm³/mol. The van der Waals surface area contributed by atoms with Gasteiger partial charge in [-0.15, -0.1) is 0 Å². The van der Waals surface area contributed by atoms with Gasteiger partial charge in [0, 0.05) is 25.2 Å². The molecule has 0 radical (unpaired) electrons. The van der Waals surface area contributed by atoms with Gasteiger partial charge in [-0.2, -0.15) is 0 Å². The lowest BCUT2D eigenvalue weighted by atomic mass is 9.83. The van der Waals surface area contributed by atoms with Crippen LogP contribution in [0.4, 0.5) is 8.78 Å². The van der Waals surface area contributed by atoms with Gasteiger partial charge in [-0.1, -0.05) is 6.92 Å². The summed E-state index contributed by atoms with van der Waals surface area (Å²) in [5, 5.41) is 0. The Hall–Kier alpha value is -0.470. The molecule has 0 N–H and O–H groups in total. The highest BCUT2D eigenvalue weighted by molar-refractivity contribution is 5.80. The Morgan fingerprint density at radius 3 is 2.33 bits per heavy atom. The molecule has 0 amide bonds. The molecule has 0 aromatic rings. The molecule has 1 aliphatic carbocycles. The Balaban J connectivity index is 2.41. The summed E-state index contributed by atoms with van der Waals surface area (Å²) in [5.74, 6) is -2.45. The summed E-state index contributed by atoms with van der Waals surface area (Å²) < 4.78 is 25.3. The monoisotopic (exact) mass is 176 g/mol. The minimum atomic E-state index is -2.51. The molecule has 0 unspecified atom stereocenters. The molecule has 1 saturated carbocycles. The number of halogens is 2. The number of hydrogen-bond donors (Lipinski definition) is 0. The number of hydrogen-bond acceptors (Lipinski definition) is 1. The van der Waals surface area contributed by atoms with E-state index in [-0.39, 0.29) is 24.5 Å². The van der Waals surface area contributed by atoms with E-state index in [9.17, 15) is 13.6 Å². The fraction of sp³-hybridized carbons (Fsp3) is 0.889. The molecule has 0 aromatic heterocycles. The molecule has 0 heterocycles. The smallest absolute Gasteiger partial charge is 0.248 e. The summed E-state index contributed by atoms with van der Waals surface area (Å²) in [6.45, 7) is 1.79. The zero-order chi connectivity index (χ0) is 9.19. The largest absolute Gasteiger partial charge is 0.299 e. The maximum atomic E-state index is 12.6. The van der Waals surface area contributed by atoms with Crippen LogP contribution in [-0.2, 0) is 4.79 Å². The molecule has 1 aliphatic rings. The second-order valence-corrected chi connectivity index (χ2v) is 3.45. The van der Waals surface area contributed by atoms with Gasteiger partial charge in [0.25, 0.3) is 0 Å². The highest BCUT2D eigenvalue weighted by atomic mass is 19.3. The Morgan fingerprint density at radius 2 is 1.92 bits per heavy atom. The van der Waals surface area contributed by atoms with Crippen molar-refractivity contribution in [2.75, 3.05) is 0 Å². The van der Waals surface area contributed by atoms with E-state index in [1.807, 2.05) is 0 Å². The van der Waals surface area contributed by atoms with Gasteiger partial charge in [0.2, 0.25) is 5.92 Å². The van der Waals surface area contributed by atoms with E-state index in [1.165, 1.54) is 0 Å². The van der Waals surface area contributed by atoms with E-state index in [4.69, 9.17) is 0 Å². The van der Waals surface area contributed by atoms with Crippen LogP contribution in [0.5, 0.6) is 0 Å². The van der Waals surface area contributed by atoms with Crippen molar-refractivity contribution in [2.24, 2.45) is 5.92 Å². The molecule has 0 spiro atoms. The van der Waals surface area contributed by atoms with Crippen molar-refractivity contribution < 1.29 is 13.6 Å². The van der Waals surface area contributed by atoms with Crippen LogP contribution < -0.4 is 0 Å². The van der Waals surface area contributed by atoms with Gasteiger partial charge in [-0.05, 0) is 12.8 Å².